The Morgan fingerprint density at radius 2 is 1.50 bits per heavy atom. The minimum atomic E-state index is -0.118. The molecule has 0 N–H and O–H groups in total. The molecule has 2 amide bonds. The van der Waals surface area contributed by atoms with Crippen LogP contribution in [0.3, 0.4) is 0 Å². The Balaban J connectivity index is 2.27. The Hall–Kier alpha value is -1.68. The van der Waals surface area contributed by atoms with E-state index >= 15 is 0 Å². The Bertz CT molecular complexity index is 650. The quantitative estimate of drug-likeness (QED) is 0.758. The van der Waals surface area contributed by atoms with Crippen molar-refractivity contribution in [3.05, 3.63) is 40.9 Å². The van der Waals surface area contributed by atoms with Crippen molar-refractivity contribution in [1.29, 1.82) is 0 Å². The van der Waals surface area contributed by atoms with Gasteiger partial charge >= 0.3 is 0 Å². The fourth-order valence-corrected chi connectivity index (χ4v) is 2.76. The number of rotatable bonds is 1. The van der Waals surface area contributed by atoms with Gasteiger partial charge in [0.2, 0.25) is 11.8 Å². The van der Waals surface area contributed by atoms with Crippen LogP contribution in [0.4, 0.5) is 5.69 Å². The molecule has 4 heteroatoms. The van der Waals surface area contributed by atoms with Crippen molar-refractivity contribution in [1.82, 2.24) is 0 Å². The van der Waals surface area contributed by atoms with E-state index in [4.69, 9.17) is 0 Å². The second-order valence-corrected chi connectivity index (χ2v) is 5.09. The molecule has 2 aromatic carbocycles. The third-order valence-electron chi connectivity index (χ3n) is 3.14. The molecule has 0 aromatic heterocycles. The maximum absolute atomic E-state index is 11.8. The SMILES string of the molecule is O=C1CCC(=O)N1c1ccc(Br)c2ccccc12. The van der Waals surface area contributed by atoms with Gasteiger partial charge in [0.15, 0.2) is 0 Å². The Kier molecular flexibility index (Phi) is 2.67. The van der Waals surface area contributed by atoms with E-state index in [2.05, 4.69) is 15.9 Å². The highest BCUT2D eigenvalue weighted by Gasteiger charge is 2.31. The predicted molar refractivity (Wildman–Crippen MR) is 73.4 cm³/mol. The summed E-state index contributed by atoms with van der Waals surface area (Å²) in [6.07, 6.45) is 0.618. The lowest BCUT2D eigenvalue weighted by molar-refractivity contribution is -0.121. The number of fused-ring (bicyclic) bond motifs is 1. The summed E-state index contributed by atoms with van der Waals surface area (Å²) in [5, 5.41) is 1.91. The summed E-state index contributed by atoms with van der Waals surface area (Å²) in [6.45, 7) is 0. The lowest BCUT2D eigenvalue weighted by Crippen LogP contribution is -2.28. The summed E-state index contributed by atoms with van der Waals surface area (Å²) in [7, 11) is 0. The second kappa shape index (κ2) is 4.21. The molecule has 3 nitrogen and oxygen atoms in total. The van der Waals surface area contributed by atoms with E-state index < -0.39 is 0 Å². The van der Waals surface area contributed by atoms with Crippen LogP contribution in [-0.2, 0) is 9.59 Å². The van der Waals surface area contributed by atoms with Crippen LogP contribution in [0.2, 0.25) is 0 Å². The molecule has 2 aromatic rings. The fraction of sp³-hybridized carbons (Fsp3) is 0.143. The maximum atomic E-state index is 11.8. The van der Waals surface area contributed by atoms with Gasteiger partial charge in [0.25, 0.3) is 0 Å². The monoisotopic (exact) mass is 303 g/mol. The number of amides is 2. The molecule has 0 saturated carbocycles. The van der Waals surface area contributed by atoms with Crippen LogP contribution in [0.1, 0.15) is 12.8 Å². The normalized spacial score (nSPS) is 15.7. The average Bonchev–Trinajstić information content (AvgIpc) is 2.71. The van der Waals surface area contributed by atoms with E-state index in [9.17, 15) is 9.59 Å². The van der Waals surface area contributed by atoms with E-state index in [-0.39, 0.29) is 11.8 Å². The molecule has 1 fully saturated rings. The van der Waals surface area contributed by atoms with Gasteiger partial charge in [-0.05, 0) is 17.5 Å². The van der Waals surface area contributed by atoms with E-state index in [0.29, 0.717) is 18.5 Å². The van der Waals surface area contributed by atoms with Gasteiger partial charge < -0.3 is 0 Å². The summed E-state index contributed by atoms with van der Waals surface area (Å²) in [4.78, 5) is 24.9. The molecule has 0 spiro atoms. The Morgan fingerprint density at radius 3 is 2.17 bits per heavy atom. The van der Waals surface area contributed by atoms with Crippen molar-refractivity contribution in [2.75, 3.05) is 4.90 Å². The average molecular weight is 304 g/mol. The summed E-state index contributed by atoms with van der Waals surface area (Å²) >= 11 is 3.48. The first-order chi connectivity index (χ1) is 8.68. The van der Waals surface area contributed by atoms with Crippen molar-refractivity contribution in [3.8, 4) is 0 Å². The zero-order valence-electron chi connectivity index (χ0n) is 9.52. The zero-order chi connectivity index (χ0) is 12.7. The van der Waals surface area contributed by atoms with Crippen molar-refractivity contribution in [3.63, 3.8) is 0 Å². The largest absolute Gasteiger partial charge is 0.274 e. The number of hydrogen-bond donors (Lipinski definition) is 0. The molecule has 0 bridgehead atoms. The summed E-state index contributed by atoms with van der Waals surface area (Å²) in [6, 6.07) is 11.4. The van der Waals surface area contributed by atoms with Crippen LogP contribution in [0.25, 0.3) is 10.8 Å². The van der Waals surface area contributed by atoms with Crippen molar-refractivity contribution in [2.45, 2.75) is 12.8 Å². The molecule has 90 valence electrons. The van der Waals surface area contributed by atoms with Gasteiger partial charge in [-0.25, -0.2) is 4.90 Å². The number of carbonyl (C=O) groups excluding carboxylic acids is 2. The van der Waals surface area contributed by atoms with Crippen LogP contribution >= 0.6 is 15.9 Å². The van der Waals surface area contributed by atoms with Crippen LogP contribution in [0, 0.1) is 0 Å². The number of carbonyl (C=O) groups is 2. The van der Waals surface area contributed by atoms with Gasteiger partial charge in [0, 0.05) is 22.7 Å². The molecule has 3 rings (SSSR count). The number of imide groups is 1. The predicted octanol–water partition coefficient (Wildman–Crippen LogP) is 3.26. The van der Waals surface area contributed by atoms with Crippen molar-refractivity contribution < 1.29 is 9.59 Å². The molecule has 1 saturated heterocycles. The number of anilines is 1. The third kappa shape index (κ3) is 1.64. The smallest absolute Gasteiger partial charge is 0.234 e. The second-order valence-electron chi connectivity index (χ2n) is 4.23. The molecular weight excluding hydrogens is 294 g/mol. The fourth-order valence-electron chi connectivity index (χ4n) is 2.29. The van der Waals surface area contributed by atoms with Gasteiger partial charge in [0.05, 0.1) is 5.69 Å². The number of benzene rings is 2. The topological polar surface area (TPSA) is 37.4 Å². The Morgan fingerprint density at radius 1 is 0.889 bits per heavy atom. The first kappa shape index (κ1) is 11.4. The van der Waals surface area contributed by atoms with Gasteiger partial charge in [0.1, 0.15) is 0 Å². The first-order valence-corrected chi connectivity index (χ1v) is 6.51. The summed E-state index contributed by atoms with van der Waals surface area (Å²) < 4.78 is 0.959. The molecule has 18 heavy (non-hydrogen) atoms. The van der Waals surface area contributed by atoms with Crippen molar-refractivity contribution >= 4 is 44.2 Å². The number of nitrogens with zero attached hydrogens (tertiary/aromatic N) is 1. The maximum Gasteiger partial charge on any atom is 0.234 e. The highest BCUT2D eigenvalue weighted by molar-refractivity contribution is 9.10. The minimum absolute atomic E-state index is 0.118. The van der Waals surface area contributed by atoms with E-state index in [0.717, 1.165) is 15.2 Å². The van der Waals surface area contributed by atoms with Gasteiger partial charge in [-0.2, -0.15) is 0 Å². The molecule has 0 unspecified atom stereocenters. The van der Waals surface area contributed by atoms with Gasteiger partial charge in [-0.1, -0.05) is 40.2 Å². The molecule has 0 aliphatic carbocycles. The summed E-state index contributed by atoms with van der Waals surface area (Å²) in [5.74, 6) is -0.236. The molecule has 0 atom stereocenters. The molecular formula is C14H10BrNO2. The minimum Gasteiger partial charge on any atom is -0.274 e. The first-order valence-electron chi connectivity index (χ1n) is 5.71. The number of hydrogen-bond acceptors (Lipinski definition) is 2. The molecule has 1 heterocycles. The molecule has 1 aliphatic heterocycles. The summed E-state index contributed by atoms with van der Waals surface area (Å²) in [5.41, 5.74) is 0.682. The standard InChI is InChI=1S/C14H10BrNO2/c15-11-5-6-12(10-4-2-1-3-9(10)11)16-13(17)7-8-14(16)18/h1-6H,7-8H2. The lowest BCUT2D eigenvalue weighted by atomic mass is 10.1. The third-order valence-corrected chi connectivity index (χ3v) is 3.83. The van der Waals surface area contributed by atoms with Gasteiger partial charge in [-0.3, -0.25) is 9.59 Å². The van der Waals surface area contributed by atoms with Crippen LogP contribution in [-0.4, -0.2) is 11.8 Å². The van der Waals surface area contributed by atoms with Crippen LogP contribution in [0.15, 0.2) is 40.9 Å². The highest BCUT2D eigenvalue weighted by Crippen LogP contribution is 2.34. The highest BCUT2D eigenvalue weighted by atomic mass is 79.9. The van der Waals surface area contributed by atoms with E-state index in [1.807, 2.05) is 36.4 Å². The van der Waals surface area contributed by atoms with Crippen LogP contribution in [0.5, 0.6) is 0 Å². The number of halogens is 1. The van der Waals surface area contributed by atoms with Crippen LogP contribution < -0.4 is 4.90 Å². The zero-order valence-corrected chi connectivity index (χ0v) is 11.1. The molecule has 0 radical (unpaired) electrons. The van der Waals surface area contributed by atoms with Crippen molar-refractivity contribution in [2.24, 2.45) is 0 Å². The van der Waals surface area contributed by atoms with E-state index in [1.165, 1.54) is 4.90 Å². The van der Waals surface area contributed by atoms with Gasteiger partial charge in [-0.15, -0.1) is 0 Å². The lowest BCUT2D eigenvalue weighted by Gasteiger charge is -2.17. The van der Waals surface area contributed by atoms with E-state index in [1.54, 1.807) is 0 Å². The Labute approximate surface area is 113 Å². The molecule has 1 aliphatic rings.